The van der Waals surface area contributed by atoms with Gasteiger partial charge in [-0.2, -0.15) is 5.26 Å². The first kappa shape index (κ1) is 5.99. The summed E-state index contributed by atoms with van der Waals surface area (Å²) in [6, 6.07) is 5.27. The Balaban J connectivity index is 3.38. The van der Waals surface area contributed by atoms with Crippen LogP contribution in [0, 0.1) is 16.1 Å². The second-order valence-corrected chi connectivity index (χ2v) is 1.93. The summed E-state index contributed by atoms with van der Waals surface area (Å²) in [5.74, 6) is 0. The van der Waals surface area contributed by atoms with Crippen LogP contribution in [-0.2, 0) is 0 Å². The van der Waals surface area contributed by atoms with Crippen LogP contribution in [0.5, 0.6) is 0 Å². The molecule has 0 saturated carbocycles. The van der Waals surface area contributed by atoms with Crippen LogP contribution in [0.1, 0.15) is 0 Å². The molecule has 1 aromatic heterocycles. The lowest BCUT2D eigenvalue weighted by Crippen LogP contribution is -1.87. The molecule has 0 spiro atoms. The van der Waals surface area contributed by atoms with E-state index in [4.69, 9.17) is 17.5 Å². The number of aromatic nitrogens is 1. The van der Waals surface area contributed by atoms with Crippen LogP contribution in [0.15, 0.2) is 24.4 Å². The Morgan fingerprint density at radius 1 is 1.56 bits per heavy atom. The van der Waals surface area contributed by atoms with Crippen molar-refractivity contribution < 1.29 is 0 Å². The van der Waals surface area contributed by atoms with E-state index in [1.165, 1.54) is 4.57 Å². The van der Waals surface area contributed by atoms with Crippen LogP contribution < -0.4 is 0 Å². The van der Waals surface area contributed by atoms with Gasteiger partial charge in [-0.25, -0.2) is 4.57 Å². The highest BCUT2D eigenvalue weighted by atomic mass is 32.1. The minimum absolute atomic E-state index is 0.542. The van der Waals surface area contributed by atoms with Gasteiger partial charge in [0.2, 0.25) is 0 Å². The minimum Gasteiger partial charge on any atom is -0.245 e. The zero-order chi connectivity index (χ0) is 6.69. The van der Waals surface area contributed by atoms with E-state index in [9.17, 15) is 0 Å². The Hall–Kier alpha value is -1.14. The average molecular weight is 136 g/mol. The summed E-state index contributed by atoms with van der Waals surface area (Å²) in [6.45, 7) is 0. The molecular weight excluding hydrogens is 132 g/mol. The predicted molar refractivity (Wildman–Crippen MR) is 36.3 cm³/mol. The predicted octanol–water partition coefficient (Wildman–Crippen LogP) is 1.55. The zero-order valence-electron chi connectivity index (χ0n) is 4.61. The second kappa shape index (κ2) is 2.42. The van der Waals surface area contributed by atoms with Crippen LogP contribution >= 0.6 is 12.2 Å². The van der Waals surface area contributed by atoms with Gasteiger partial charge in [0, 0.05) is 6.20 Å². The molecule has 0 aliphatic rings. The highest BCUT2D eigenvalue weighted by Crippen LogP contribution is 1.88. The van der Waals surface area contributed by atoms with Crippen LogP contribution in [0.2, 0.25) is 0 Å². The Morgan fingerprint density at radius 3 is 2.78 bits per heavy atom. The van der Waals surface area contributed by atoms with Gasteiger partial charge in [-0.1, -0.05) is 18.3 Å². The number of nitrogens with zero attached hydrogens (tertiary/aromatic N) is 2. The van der Waals surface area contributed by atoms with Gasteiger partial charge in [0.1, 0.15) is 4.64 Å². The summed E-state index contributed by atoms with van der Waals surface area (Å²) in [6.07, 6.45) is 3.54. The number of rotatable bonds is 0. The maximum Gasteiger partial charge on any atom is 0.189 e. The van der Waals surface area contributed by atoms with Gasteiger partial charge < -0.3 is 0 Å². The Bertz CT molecular complexity index is 294. The maximum absolute atomic E-state index is 8.36. The lowest BCUT2D eigenvalue weighted by Gasteiger charge is -1.88. The fraction of sp³-hybridized carbons (Fsp3) is 0. The van der Waals surface area contributed by atoms with E-state index < -0.39 is 0 Å². The summed E-state index contributed by atoms with van der Waals surface area (Å²) in [4.78, 5) is 0. The molecule has 0 aliphatic carbocycles. The molecule has 1 heterocycles. The standard InChI is InChI=1S/C6H4N2S/c7-5-8-4-2-1-3-6(8)9/h1-4H. The van der Waals surface area contributed by atoms with Crippen molar-refractivity contribution in [3.05, 3.63) is 29.0 Å². The third-order valence-corrected chi connectivity index (χ3v) is 1.26. The topological polar surface area (TPSA) is 28.7 Å². The van der Waals surface area contributed by atoms with E-state index in [1.807, 2.05) is 6.19 Å². The average Bonchev–Trinajstić information content (AvgIpc) is 1.89. The van der Waals surface area contributed by atoms with Crippen molar-refractivity contribution in [3.8, 4) is 6.19 Å². The highest BCUT2D eigenvalue weighted by Gasteiger charge is 1.81. The molecule has 0 fully saturated rings. The van der Waals surface area contributed by atoms with Gasteiger partial charge in [0.15, 0.2) is 6.19 Å². The second-order valence-electron chi connectivity index (χ2n) is 1.51. The Kier molecular flexibility index (Phi) is 1.61. The number of nitriles is 1. The van der Waals surface area contributed by atoms with E-state index in [2.05, 4.69) is 0 Å². The molecule has 0 aromatic carbocycles. The summed E-state index contributed by atoms with van der Waals surface area (Å²) in [5.41, 5.74) is 0. The number of hydrogen-bond donors (Lipinski definition) is 0. The van der Waals surface area contributed by atoms with Crippen molar-refractivity contribution in [1.29, 1.82) is 5.26 Å². The molecule has 2 nitrogen and oxygen atoms in total. The van der Waals surface area contributed by atoms with Crippen LogP contribution in [-0.4, -0.2) is 4.57 Å². The summed E-state index contributed by atoms with van der Waals surface area (Å²) in [5, 5.41) is 8.36. The fourth-order valence-electron chi connectivity index (χ4n) is 0.510. The minimum atomic E-state index is 0.542. The van der Waals surface area contributed by atoms with Crippen molar-refractivity contribution >= 4 is 12.2 Å². The fourth-order valence-corrected chi connectivity index (χ4v) is 0.690. The summed E-state index contributed by atoms with van der Waals surface area (Å²) < 4.78 is 1.87. The van der Waals surface area contributed by atoms with Gasteiger partial charge in [0.25, 0.3) is 0 Å². The molecule has 1 rings (SSSR count). The van der Waals surface area contributed by atoms with E-state index in [-0.39, 0.29) is 0 Å². The largest absolute Gasteiger partial charge is 0.245 e. The molecule has 3 heteroatoms. The first-order chi connectivity index (χ1) is 4.34. The third-order valence-electron chi connectivity index (χ3n) is 0.930. The lowest BCUT2D eigenvalue weighted by molar-refractivity contribution is 1.05. The van der Waals surface area contributed by atoms with E-state index in [0.717, 1.165) is 0 Å². The molecule has 44 valence electrons. The molecule has 0 bridgehead atoms. The van der Waals surface area contributed by atoms with Crippen molar-refractivity contribution in [2.45, 2.75) is 0 Å². The molecule has 0 radical (unpaired) electrons. The third kappa shape index (κ3) is 1.15. The van der Waals surface area contributed by atoms with Gasteiger partial charge in [-0.05, 0) is 12.1 Å². The van der Waals surface area contributed by atoms with Crippen LogP contribution in [0.3, 0.4) is 0 Å². The van der Waals surface area contributed by atoms with Crippen molar-refractivity contribution in [2.75, 3.05) is 0 Å². The van der Waals surface area contributed by atoms with Gasteiger partial charge in [0.05, 0.1) is 0 Å². The van der Waals surface area contributed by atoms with Gasteiger partial charge in [-0.15, -0.1) is 0 Å². The molecule has 0 saturated heterocycles. The van der Waals surface area contributed by atoms with Crippen LogP contribution in [0.4, 0.5) is 0 Å². The molecule has 0 aliphatic heterocycles. The Labute approximate surface area is 58.0 Å². The lowest BCUT2D eigenvalue weighted by atomic mass is 10.5. The van der Waals surface area contributed by atoms with Crippen LogP contribution in [0.25, 0.3) is 0 Å². The van der Waals surface area contributed by atoms with E-state index >= 15 is 0 Å². The normalized spacial score (nSPS) is 8.33. The maximum atomic E-state index is 8.36. The van der Waals surface area contributed by atoms with Gasteiger partial charge >= 0.3 is 0 Å². The first-order valence-electron chi connectivity index (χ1n) is 2.42. The van der Waals surface area contributed by atoms with Crippen molar-refractivity contribution in [3.63, 3.8) is 0 Å². The van der Waals surface area contributed by atoms with E-state index in [0.29, 0.717) is 4.64 Å². The SMILES string of the molecule is N#Cn1ccccc1=S. The first-order valence-corrected chi connectivity index (χ1v) is 2.83. The number of hydrogen-bond acceptors (Lipinski definition) is 2. The smallest absolute Gasteiger partial charge is 0.189 e. The van der Waals surface area contributed by atoms with Crippen molar-refractivity contribution in [2.24, 2.45) is 0 Å². The molecule has 0 amide bonds. The summed E-state index contributed by atoms with van der Waals surface area (Å²) >= 11 is 4.79. The quantitative estimate of drug-likeness (QED) is 0.506. The molecular formula is C6H4N2S. The van der Waals surface area contributed by atoms with Gasteiger partial charge in [-0.3, -0.25) is 0 Å². The van der Waals surface area contributed by atoms with Crippen molar-refractivity contribution in [1.82, 2.24) is 4.57 Å². The number of pyridine rings is 1. The molecule has 0 unspecified atom stereocenters. The monoisotopic (exact) mass is 136 g/mol. The molecule has 0 atom stereocenters. The van der Waals surface area contributed by atoms with E-state index in [1.54, 1.807) is 24.4 Å². The molecule has 9 heavy (non-hydrogen) atoms. The summed E-state index contributed by atoms with van der Waals surface area (Å²) in [7, 11) is 0. The zero-order valence-corrected chi connectivity index (χ0v) is 5.43. The molecule has 0 N–H and O–H groups in total. The highest BCUT2D eigenvalue weighted by molar-refractivity contribution is 7.71. The molecule has 1 aromatic rings. The Morgan fingerprint density at radius 2 is 2.33 bits per heavy atom.